The standard InChI is InChI=1S/C15H25N3O/c1-10(2)8-18(9-11(3)4)15(19)14-6-13(16)7-17-12(14)5/h6-7,10-11H,8-9,16H2,1-5H3. The summed E-state index contributed by atoms with van der Waals surface area (Å²) in [5.41, 5.74) is 7.61. The molecule has 4 nitrogen and oxygen atoms in total. The highest BCUT2D eigenvalue weighted by Gasteiger charge is 2.20. The number of hydrogen-bond acceptors (Lipinski definition) is 3. The zero-order valence-electron chi connectivity index (χ0n) is 12.6. The number of carbonyl (C=O) groups is 1. The Morgan fingerprint density at radius 3 is 2.26 bits per heavy atom. The van der Waals surface area contributed by atoms with E-state index in [1.165, 1.54) is 0 Å². The van der Waals surface area contributed by atoms with Crippen molar-refractivity contribution in [1.82, 2.24) is 9.88 Å². The Balaban J connectivity index is 3.00. The van der Waals surface area contributed by atoms with E-state index in [0.717, 1.165) is 18.8 Å². The molecule has 1 aromatic rings. The van der Waals surface area contributed by atoms with Crippen LogP contribution < -0.4 is 5.73 Å². The lowest BCUT2D eigenvalue weighted by Gasteiger charge is -2.27. The number of nitrogens with two attached hydrogens (primary N) is 1. The summed E-state index contributed by atoms with van der Waals surface area (Å²) in [5.74, 6) is 0.911. The molecular weight excluding hydrogens is 238 g/mol. The molecule has 2 N–H and O–H groups in total. The maximum atomic E-state index is 12.6. The van der Waals surface area contributed by atoms with Gasteiger partial charge in [-0.25, -0.2) is 0 Å². The van der Waals surface area contributed by atoms with Crippen molar-refractivity contribution in [2.75, 3.05) is 18.8 Å². The molecule has 0 aliphatic rings. The van der Waals surface area contributed by atoms with Crippen LogP contribution in [0.1, 0.15) is 43.7 Å². The summed E-state index contributed by atoms with van der Waals surface area (Å²) in [4.78, 5) is 18.7. The summed E-state index contributed by atoms with van der Waals surface area (Å²) < 4.78 is 0. The van der Waals surface area contributed by atoms with Gasteiger partial charge in [-0.3, -0.25) is 9.78 Å². The third-order valence-electron chi connectivity index (χ3n) is 2.80. The number of anilines is 1. The molecule has 0 atom stereocenters. The minimum absolute atomic E-state index is 0.0275. The molecule has 1 amide bonds. The second-order valence-electron chi connectivity index (χ2n) is 5.90. The first kappa shape index (κ1) is 15.5. The van der Waals surface area contributed by atoms with E-state index in [1.807, 2.05) is 11.8 Å². The number of carbonyl (C=O) groups excluding carboxylic acids is 1. The van der Waals surface area contributed by atoms with Crippen LogP contribution in [0.2, 0.25) is 0 Å². The summed E-state index contributed by atoms with van der Waals surface area (Å²) in [6.07, 6.45) is 1.58. The monoisotopic (exact) mass is 263 g/mol. The summed E-state index contributed by atoms with van der Waals surface area (Å²) in [6, 6.07) is 1.72. The van der Waals surface area contributed by atoms with Crippen LogP contribution in [0.25, 0.3) is 0 Å². The molecule has 0 saturated heterocycles. The van der Waals surface area contributed by atoms with E-state index in [9.17, 15) is 4.79 Å². The van der Waals surface area contributed by atoms with E-state index in [2.05, 4.69) is 32.7 Å². The SMILES string of the molecule is Cc1ncc(N)cc1C(=O)N(CC(C)C)CC(C)C. The third kappa shape index (κ3) is 4.54. The first-order valence-electron chi connectivity index (χ1n) is 6.82. The molecular formula is C15H25N3O. The quantitative estimate of drug-likeness (QED) is 0.888. The van der Waals surface area contributed by atoms with Crippen molar-refractivity contribution in [1.29, 1.82) is 0 Å². The van der Waals surface area contributed by atoms with Crippen LogP contribution in [-0.4, -0.2) is 28.9 Å². The van der Waals surface area contributed by atoms with Gasteiger partial charge >= 0.3 is 0 Å². The minimum Gasteiger partial charge on any atom is -0.397 e. The van der Waals surface area contributed by atoms with Crippen molar-refractivity contribution < 1.29 is 4.79 Å². The average molecular weight is 263 g/mol. The van der Waals surface area contributed by atoms with Gasteiger partial charge in [0.25, 0.3) is 5.91 Å². The van der Waals surface area contributed by atoms with Gasteiger partial charge in [0, 0.05) is 13.1 Å². The van der Waals surface area contributed by atoms with E-state index < -0.39 is 0 Å². The Morgan fingerprint density at radius 1 is 1.26 bits per heavy atom. The van der Waals surface area contributed by atoms with Crippen molar-refractivity contribution in [3.05, 3.63) is 23.5 Å². The number of nitrogen functional groups attached to an aromatic ring is 1. The number of aryl methyl sites for hydroxylation is 1. The summed E-state index contributed by atoms with van der Waals surface area (Å²) in [7, 11) is 0. The summed E-state index contributed by atoms with van der Waals surface area (Å²) in [5, 5.41) is 0. The van der Waals surface area contributed by atoms with E-state index in [-0.39, 0.29) is 5.91 Å². The van der Waals surface area contributed by atoms with Crippen LogP contribution in [0.4, 0.5) is 5.69 Å². The Bertz CT molecular complexity index is 431. The zero-order chi connectivity index (χ0) is 14.6. The van der Waals surface area contributed by atoms with Gasteiger partial charge < -0.3 is 10.6 Å². The molecule has 4 heteroatoms. The molecule has 1 aromatic heterocycles. The molecule has 1 heterocycles. The normalized spacial score (nSPS) is 11.1. The molecule has 0 bridgehead atoms. The van der Waals surface area contributed by atoms with Crippen LogP contribution in [0.5, 0.6) is 0 Å². The summed E-state index contributed by atoms with van der Waals surface area (Å²) >= 11 is 0. The largest absolute Gasteiger partial charge is 0.397 e. The highest BCUT2D eigenvalue weighted by Crippen LogP contribution is 2.15. The molecule has 0 unspecified atom stereocenters. The fourth-order valence-corrected chi connectivity index (χ4v) is 2.06. The van der Waals surface area contributed by atoms with Gasteiger partial charge in [-0.05, 0) is 24.8 Å². The van der Waals surface area contributed by atoms with Gasteiger partial charge in [0.2, 0.25) is 0 Å². The first-order valence-corrected chi connectivity index (χ1v) is 6.82. The molecule has 0 saturated carbocycles. The van der Waals surface area contributed by atoms with Crippen LogP contribution in [0.3, 0.4) is 0 Å². The maximum Gasteiger partial charge on any atom is 0.255 e. The number of nitrogens with zero attached hydrogens (tertiary/aromatic N) is 2. The Kier molecular flexibility index (Phi) is 5.33. The van der Waals surface area contributed by atoms with Gasteiger partial charge in [-0.1, -0.05) is 27.7 Å². The van der Waals surface area contributed by atoms with Gasteiger partial charge in [0.15, 0.2) is 0 Å². The van der Waals surface area contributed by atoms with E-state index >= 15 is 0 Å². The van der Waals surface area contributed by atoms with Crippen LogP contribution >= 0.6 is 0 Å². The Morgan fingerprint density at radius 2 is 1.79 bits per heavy atom. The zero-order valence-corrected chi connectivity index (χ0v) is 12.6. The van der Waals surface area contributed by atoms with Crippen LogP contribution in [-0.2, 0) is 0 Å². The van der Waals surface area contributed by atoms with Gasteiger partial charge in [-0.15, -0.1) is 0 Å². The summed E-state index contributed by atoms with van der Waals surface area (Å²) in [6.45, 7) is 11.8. The molecule has 0 aliphatic carbocycles. The topological polar surface area (TPSA) is 59.2 Å². The number of pyridine rings is 1. The third-order valence-corrected chi connectivity index (χ3v) is 2.80. The van der Waals surface area contributed by atoms with Crippen molar-refractivity contribution in [2.45, 2.75) is 34.6 Å². The van der Waals surface area contributed by atoms with Crippen molar-refractivity contribution in [3.8, 4) is 0 Å². The molecule has 19 heavy (non-hydrogen) atoms. The lowest BCUT2D eigenvalue weighted by Crippen LogP contribution is -2.37. The van der Waals surface area contributed by atoms with Crippen molar-refractivity contribution in [3.63, 3.8) is 0 Å². The highest BCUT2D eigenvalue weighted by molar-refractivity contribution is 5.96. The molecule has 106 valence electrons. The Labute approximate surface area is 116 Å². The molecule has 0 spiro atoms. The van der Waals surface area contributed by atoms with Crippen LogP contribution in [0, 0.1) is 18.8 Å². The Hall–Kier alpha value is -1.58. The number of rotatable bonds is 5. The lowest BCUT2D eigenvalue weighted by atomic mass is 10.1. The fraction of sp³-hybridized carbons (Fsp3) is 0.600. The number of amides is 1. The molecule has 0 aromatic carbocycles. The first-order chi connectivity index (χ1) is 8.81. The maximum absolute atomic E-state index is 12.6. The molecule has 0 radical (unpaired) electrons. The minimum atomic E-state index is 0.0275. The van der Waals surface area contributed by atoms with Crippen molar-refractivity contribution >= 4 is 11.6 Å². The van der Waals surface area contributed by atoms with Gasteiger partial charge in [-0.2, -0.15) is 0 Å². The van der Waals surface area contributed by atoms with Gasteiger partial charge in [0.1, 0.15) is 0 Å². The molecule has 0 aliphatic heterocycles. The van der Waals surface area contributed by atoms with Crippen molar-refractivity contribution in [2.24, 2.45) is 11.8 Å². The van der Waals surface area contributed by atoms with Gasteiger partial charge in [0.05, 0.1) is 23.1 Å². The highest BCUT2D eigenvalue weighted by atomic mass is 16.2. The van der Waals surface area contributed by atoms with E-state index in [0.29, 0.717) is 23.1 Å². The number of aromatic nitrogens is 1. The smallest absolute Gasteiger partial charge is 0.255 e. The lowest BCUT2D eigenvalue weighted by molar-refractivity contribution is 0.0714. The molecule has 0 fully saturated rings. The predicted octanol–water partition coefficient (Wildman–Crippen LogP) is 2.73. The average Bonchev–Trinajstić information content (AvgIpc) is 2.29. The second-order valence-corrected chi connectivity index (χ2v) is 5.90. The van der Waals surface area contributed by atoms with E-state index in [4.69, 9.17) is 5.73 Å². The number of hydrogen-bond donors (Lipinski definition) is 1. The van der Waals surface area contributed by atoms with Crippen LogP contribution in [0.15, 0.2) is 12.3 Å². The molecule has 1 rings (SSSR count). The predicted molar refractivity (Wildman–Crippen MR) is 79.0 cm³/mol. The van der Waals surface area contributed by atoms with E-state index in [1.54, 1.807) is 12.3 Å². The fourth-order valence-electron chi connectivity index (χ4n) is 2.06. The second kappa shape index (κ2) is 6.55.